The van der Waals surface area contributed by atoms with Crippen molar-refractivity contribution in [3.8, 4) is 6.07 Å². The van der Waals surface area contributed by atoms with E-state index in [2.05, 4.69) is 25.0 Å². The van der Waals surface area contributed by atoms with Crippen LogP contribution < -0.4 is 5.73 Å². The molecule has 0 saturated heterocycles. The predicted octanol–water partition coefficient (Wildman–Crippen LogP) is 1.50. The van der Waals surface area contributed by atoms with Crippen molar-refractivity contribution in [1.82, 2.24) is 9.78 Å². The molecule has 0 spiro atoms. The van der Waals surface area contributed by atoms with Gasteiger partial charge in [-0.2, -0.15) is 10.4 Å². The molecule has 0 fully saturated rings. The van der Waals surface area contributed by atoms with Gasteiger partial charge in [0.15, 0.2) is 0 Å². The summed E-state index contributed by atoms with van der Waals surface area (Å²) in [6, 6.07) is 2.09. The zero-order chi connectivity index (χ0) is 9.84. The summed E-state index contributed by atoms with van der Waals surface area (Å²) in [5.74, 6) is 0.348. The maximum absolute atomic E-state index is 8.44. The molecule has 0 bridgehead atoms. The smallest absolute Gasteiger partial charge is 0.0735 e. The number of nitrogens with two attached hydrogens (primary N) is 1. The number of hydrogen-bond donors (Lipinski definition) is 1. The lowest BCUT2D eigenvalue weighted by Crippen LogP contribution is -2.07. The van der Waals surface area contributed by atoms with E-state index in [9.17, 15) is 0 Å². The summed E-state index contributed by atoms with van der Waals surface area (Å²) < 4.78 is 1.81. The second-order valence-electron chi connectivity index (χ2n) is 3.27. The first kappa shape index (κ1) is 9.59. The molecule has 0 aliphatic carbocycles. The first-order valence-corrected chi connectivity index (χ1v) is 4.35. The second kappa shape index (κ2) is 3.94. The molecule has 70 valence electrons. The van der Waals surface area contributed by atoms with Gasteiger partial charge in [-0.25, -0.2) is 0 Å². The van der Waals surface area contributed by atoms with Crippen molar-refractivity contribution in [2.45, 2.75) is 32.7 Å². The maximum atomic E-state index is 8.44. The standard InChI is InChI=1S/C9H14N4/c1-7(2)9-8(11)6-12-13(9)5-3-4-10/h6-7H,3,5,11H2,1-2H3. The van der Waals surface area contributed by atoms with E-state index < -0.39 is 0 Å². The predicted molar refractivity (Wildman–Crippen MR) is 51.0 cm³/mol. The Morgan fingerprint density at radius 2 is 2.38 bits per heavy atom. The third kappa shape index (κ3) is 2.00. The van der Waals surface area contributed by atoms with E-state index in [-0.39, 0.29) is 0 Å². The molecule has 0 saturated carbocycles. The number of anilines is 1. The van der Waals surface area contributed by atoms with Crippen LogP contribution in [0.25, 0.3) is 0 Å². The summed E-state index contributed by atoms with van der Waals surface area (Å²) in [5, 5.41) is 12.6. The van der Waals surface area contributed by atoms with E-state index in [1.165, 1.54) is 0 Å². The quantitative estimate of drug-likeness (QED) is 0.762. The zero-order valence-electron chi connectivity index (χ0n) is 7.99. The number of rotatable bonds is 3. The van der Waals surface area contributed by atoms with Crippen molar-refractivity contribution in [2.75, 3.05) is 5.73 Å². The zero-order valence-corrected chi connectivity index (χ0v) is 7.99. The SMILES string of the molecule is CC(C)c1c(N)cnn1CCC#N. The highest BCUT2D eigenvalue weighted by atomic mass is 15.3. The molecule has 4 heteroatoms. The molecule has 0 aliphatic rings. The molecular weight excluding hydrogens is 164 g/mol. The Morgan fingerprint density at radius 1 is 1.69 bits per heavy atom. The van der Waals surface area contributed by atoms with Crippen LogP contribution in [-0.2, 0) is 6.54 Å². The lowest BCUT2D eigenvalue weighted by atomic mass is 10.1. The van der Waals surface area contributed by atoms with E-state index in [1.807, 2.05) is 4.68 Å². The number of hydrogen-bond acceptors (Lipinski definition) is 3. The van der Waals surface area contributed by atoms with Crippen molar-refractivity contribution >= 4 is 5.69 Å². The monoisotopic (exact) mass is 178 g/mol. The van der Waals surface area contributed by atoms with Crippen LogP contribution in [0.15, 0.2) is 6.20 Å². The molecule has 0 atom stereocenters. The van der Waals surface area contributed by atoms with E-state index in [1.54, 1.807) is 6.20 Å². The number of nitrogen functional groups attached to an aromatic ring is 1. The average molecular weight is 178 g/mol. The highest BCUT2D eigenvalue weighted by molar-refractivity contribution is 5.42. The van der Waals surface area contributed by atoms with E-state index in [0.29, 0.717) is 24.6 Å². The Kier molecular flexibility index (Phi) is 2.91. The maximum Gasteiger partial charge on any atom is 0.0735 e. The highest BCUT2D eigenvalue weighted by Gasteiger charge is 2.10. The van der Waals surface area contributed by atoms with Gasteiger partial charge < -0.3 is 5.73 Å². The van der Waals surface area contributed by atoms with Gasteiger partial charge >= 0.3 is 0 Å². The molecule has 0 aromatic carbocycles. The molecule has 4 nitrogen and oxygen atoms in total. The van der Waals surface area contributed by atoms with Gasteiger partial charge in [-0.3, -0.25) is 4.68 Å². The topological polar surface area (TPSA) is 67.6 Å². The normalized spacial score (nSPS) is 10.3. The molecular formula is C9H14N4. The molecule has 0 unspecified atom stereocenters. The van der Waals surface area contributed by atoms with E-state index >= 15 is 0 Å². The molecule has 1 heterocycles. The second-order valence-corrected chi connectivity index (χ2v) is 3.27. The van der Waals surface area contributed by atoms with Gasteiger partial charge in [-0.05, 0) is 5.92 Å². The van der Waals surface area contributed by atoms with Gasteiger partial charge in [0.05, 0.1) is 36.6 Å². The third-order valence-electron chi connectivity index (χ3n) is 1.89. The summed E-state index contributed by atoms with van der Waals surface area (Å²) in [6.45, 7) is 4.76. The summed E-state index contributed by atoms with van der Waals surface area (Å²) in [7, 11) is 0. The fourth-order valence-corrected chi connectivity index (χ4v) is 1.37. The van der Waals surface area contributed by atoms with Gasteiger partial charge in [-0.1, -0.05) is 13.8 Å². The minimum Gasteiger partial charge on any atom is -0.396 e. The molecule has 1 rings (SSSR count). The first-order valence-electron chi connectivity index (χ1n) is 4.35. The van der Waals surface area contributed by atoms with E-state index in [0.717, 1.165) is 5.69 Å². The molecule has 13 heavy (non-hydrogen) atoms. The summed E-state index contributed by atoms with van der Waals surface area (Å²) >= 11 is 0. The molecule has 2 N–H and O–H groups in total. The van der Waals surface area contributed by atoms with Crippen LogP contribution in [-0.4, -0.2) is 9.78 Å². The fourth-order valence-electron chi connectivity index (χ4n) is 1.37. The fraction of sp³-hybridized carbons (Fsp3) is 0.556. The Bertz CT molecular complexity index is 319. The van der Waals surface area contributed by atoms with Crippen LogP contribution in [0.5, 0.6) is 0 Å². The van der Waals surface area contributed by atoms with E-state index in [4.69, 9.17) is 11.0 Å². The molecule has 1 aromatic heterocycles. The van der Waals surface area contributed by atoms with Crippen LogP contribution in [0.3, 0.4) is 0 Å². The Labute approximate surface area is 78.0 Å². The van der Waals surface area contributed by atoms with Crippen LogP contribution >= 0.6 is 0 Å². The van der Waals surface area contributed by atoms with Crippen molar-refractivity contribution in [2.24, 2.45) is 0 Å². The van der Waals surface area contributed by atoms with Gasteiger partial charge in [0, 0.05) is 0 Å². The Hall–Kier alpha value is -1.50. The van der Waals surface area contributed by atoms with Crippen LogP contribution in [0, 0.1) is 11.3 Å². The molecule has 1 aromatic rings. The Morgan fingerprint density at radius 3 is 2.92 bits per heavy atom. The lowest BCUT2D eigenvalue weighted by Gasteiger charge is -2.09. The summed E-state index contributed by atoms with van der Waals surface area (Å²) in [4.78, 5) is 0. The van der Waals surface area contributed by atoms with Crippen LogP contribution in [0.2, 0.25) is 0 Å². The number of aromatic nitrogens is 2. The van der Waals surface area contributed by atoms with Crippen molar-refractivity contribution < 1.29 is 0 Å². The van der Waals surface area contributed by atoms with Gasteiger partial charge in [0.2, 0.25) is 0 Å². The number of nitriles is 1. The highest BCUT2D eigenvalue weighted by Crippen LogP contribution is 2.20. The molecule has 0 amide bonds. The van der Waals surface area contributed by atoms with Crippen LogP contribution in [0.4, 0.5) is 5.69 Å². The molecule has 0 radical (unpaired) electrons. The van der Waals surface area contributed by atoms with Gasteiger partial charge in [0.1, 0.15) is 0 Å². The van der Waals surface area contributed by atoms with Crippen LogP contribution in [0.1, 0.15) is 31.9 Å². The molecule has 0 aliphatic heterocycles. The summed E-state index contributed by atoms with van der Waals surface area (Å²) in [5.41, 5.74) is 7.49. The summed E-state index contributed by atoms with van der Waals surface area (Å²) in [6.07, 6.45) is 2.12. The van der Waals surface area contributed by atoms with Gasteiger partial charge in [0.25, 0.3) is 0 Å². The average Bonchev–Trinajstić information content (AvgIpc) is 2.43. The van der Waals surface area contributed by atoms with Crippen molar-refractivity contribution in [3.05, 3.63) is 11.9 Å². The first-order chi connectivity index (χ1) is 6.16. The number of aryl methyl sites for hydroxylation is 1. The van der Waals surface area contributed by atoms with Crippen molar-refractivity contribution in [1.29, 1.82) is 5.26 Å². The third-order valence-corrected chi connectivity index (χ3v) is 1.89. The van der Waals surface area contributed by atoms with Crippen molar-refractivity contribution in [3.63, 3.8) is 0 Å². The van der Waals surface area contributed by atoms with Gasteiger partial charge in [-0.15, -0.1) is 0 Å². The minimum absolute atomic E-state index is 0.348. The number of nitrogens with zero attached hydrogens (tertiary/aromatic N) is 3. The Balaban J connectivity index is 2.88. The largest absolute Gasteiger partial charge is 0.396 e. The lowest BCUT2D eigenvalue weighted by molar-refractivity contribution is 0.576. The minimum atomic E-state index is 0.348.